The maximum atomic E-state index is 9.45. The first kappa shape index (κ1) is 16.8. The van der Waals surface area contributed by atoms with Gasteiger partial charge in [0.1, 0.15) is 0 Å². The molecule has 2 unspecified atom stereocenters. The van der Waals surface area contributed by atoms with Gasteiger partial charge in [0.25, 0.3) is 0 Å². The molecule has 0 bridgehead atoms. The predicted molar refractivity (Wildman–Crippen MR) is 75.9 cm³/mol. The topological polar surface area (TPSA) is 62.6 Å². The summed E-state index contributed by atoms with van der Waals surface area (Å²) in [5.74, 6) is 0. The Morgan fingerprint density at radius 3 is 2.95 bits per heavy atom. The Labute approximate surface area is 135 Å². The van der Waals surface area contributed by atoms with Crippen LogP contribution in [0.1, 0.15) is 30.7 Å². The third-order valence-corrected chi connectivity index (χ3v) is 2.99. The van der Waals surface area contributed by atoms with Crippen molar-refractivity contribution in [2.45, 2.75) is 38.1 Å². The molecular formula is C14H20NNaO3. The van der Waals surface area contributed by atoms with E-state index in [4.69, 9.17) is 9.84 Å². The molecule has 1 aliphatic rings. The molecule has 1 aromatic rings. The number of hydrogen-bond donors (Lipinski definition) is 2. The van der Waals surface area contributed by atoms with E-state index in [1.807, 2.05) is 18.2 Å². The van der Waals surface area contributed by atoms with Crippen molar-refractivity contribution in [2.24, 2.45) is 0 Å². The van der Waals surface area contributed by atoms with E-state index in [1.54, 1.807) is 12.2 Å². The van der Waals surface area contributed by atoms with Gasteiger partial charge in [-0.25, -0.2) is 0 Å². The zero-order chi connectivity index (χ0) is 12.8. The number of ether oxygens (including phenoxy) is 1. The number of aliphatic hydroxyl groups is 2. The molecule has 0 amide bonds. The summed E-state index contributed by atoms with van der Waals surface area (Å²) in [4.78, 5) is 4.47. The van der Waals surface area contributed by atoms with E-state index in [0.717, 1.165) is 37.1 Å². The maximum absolute atomic E-state index is 9.45. The van der Waals surface area contributed by atoms with E-state index in [9.17, 15) is 5.11 Å². The molecule has 2 atom stereocenters. The Kier molecular flexibility index (Phi) is 7.83. The zero-order valence-electron chi connectivity index (χ0n) is 10.3. The van der Waals surface area contributed by atoms with Crippen molar-refractivity contribution in [1.82, 2.24) is 4.98 Å². The van der Waals surface area contributed by atoms with Crippen molar-refractivity contribution in [2.75, 3.05) is 6.61 Å². The van der Waals surface area contributed by atoms with Crippen LogP contribution in [0, 0.1) is 0 Å². The molecule has 0 spiro atoms. The van der Waals surface area contributed by atoms with E-state index in [1.165, 1.54) is 0 Å². The molecule has 2 heterocycles. The van der Waals surface area contributed by atoms with Crippen LogP contribution in [0.25, 0.3) is 6.08 Å². The average Bonchev–Trinajstić information content (AvgIpc) is 2.37. The number of aliphatic hydroxyl groups excluding tert-OH is 2. The summed E-state index contributed by atoms with van der Waals surface area (Å²) in [5.41, 5.74) is 1.78. The molecule has 0 aliphatic carbocycles. The Morgan fingerprint density at radius 1 is 1.37 bits per heavy atom. The fourth-order valence-electron chi connectivity index (χ4n) is 2.14. The minimum absolute atomic E-state index is 0. The van der Waals surface area contributed by atoms with Crippen LogP contribution >= 0.6 is 0 Å². The SMILES string of the molecule is OCC=Cc1cccc(CC2CCCC(O)O2)n1.[NaH]. The molecule has 0 radical (unpaired) electrons. The van der Waals surface area contributed by atoms with Gasteiger partial charge in [0.15, 0.2) is 6.29 Å². The number of nitrogens with zero attached hydrogens (tertiary/aromatic N) is 1. The van der Waals surface area contributed by atoms with E-state index < -0.39 is 6.29 Å². The minimum atomic E-state index is -0.624. The first-order valence-electron chi connectivity index (χ1n) is 6.35. The first-order chi connectivity index (χ1) is 8.78. The number of hydrogen-bond acceptors (Lipinski definition) is 4. The third-order valence-electron chi connectivity index (χ3n) is 2.99. The second kappa shape index (κ2) is 8.84. The number of aromatic nitrogens is 1. The third kappa shape index (κ3) is 5.73. The van der Waals surface area contributed by atoms with Crippen molar-refractivity contribution in [3.8, 4) is 0 Å². The molecule has 4 nitrogen and oxygen atoms in total. The van der Waals surface area contributed by atoms with E-state index >= 15 is 0 Å². The zero-order valence-corrected chi connectivity index (χ0v) is 10.3. The van der Waals surface area contributed by atoms with Crippen molar-refractivity contribution in [1.29, 1.82) is 0 Å². The van der Waals surface area contributed by atoms with Crippen LogP contribution in [-0.4, -0.2) is 63.8 Å². The quantitative estimate of drug-likeness (QED) is 0.799. The summed E-state index contributed by atoms with van der Waals surface area (Å²) in [6.07, 6.45) is 6.29. The standard InChI is InChI=1S/C14H19NO3.Na.H/c16-9-3-6-11-4-1-5-12(15-11)10-13-7-2-8-14(17)18-13;;/h1,3-6,13-14,16-17H,2,7-10H2;;. The van der Waals surface area contributed by atoms with Crippen molar-refractivity contribution in [3.05, 3.63) is 35.7 Å². The average molecular weight is 273 g/mol. The van der Waals surface area contributed by atoms with Gasteiger partial charge in [-0.1, -0.05) is 12.1 Å². The fourth-order valence-corrected chi connectivity index (χ4v) is 2.14. The van der Waals surface area contributed by atoms with Gasteiger partial charge in [0.2, 0.25) is 0 Å². The fraction of sp³-hybridized carbons (Fsp3) is 0.500. The summed E-state index contributed by atoms with van der Waals surface area (Å²) < 4.78 is 5.47. The van der Waals surface area contributed by atoms with Crippen LogP contribution in [0.5, 0.6) is 0 Å². The molecule has 1 saturated heterocycles. The summed E-state index contributed by atoms with van der Waals surface area (Å²) in [7, 11) is 0. The van der Waals surface area contributed by atoms with Crippen LogP contribution in [0.15, 0.2) is 24.3 Å². The second-order valence-corrected chi connectivity index (χ2v) is 4.49. The van der Waals surface area contributed by atoms with Gasteiger partial charge in [0.05, 0.1) is 18.4 Å². The second-order valence-electron chi connectivity index (χ2n) is 4.49. The molecule has 2 rings (SSSR count). The van der Waals surface area contributed by atoms with Crippen molar-refractivity contribution >= 4 is 35.6 Å². The van der Waals surface area contributed by atoms with Gasteiger partial charge >= 0.3 is 29.6 Å². The Bertz CT molecular complexity index is 411. The monoisotopic (exact) mass is 273 g/mol. The normalized spacial score (nSPS) is 23.3. The molecule has 5 heteroatoms. The Hall–Kier alpha value is -0.230. The van der Waals surface area contributed by atoms with Crippen LogP contribution in [0.4, 0.5) is 0 Å². The first-order valence-corrected chi connectivity index (χ1v) is 6.35. The number of rotatable bonds is 4. The van der Waals surface area contributed by atoms with Gasteiger partial charge in [-0.15, -0.1) is 0 Å². The summed E-state index contributed by atoms with van der Waals surface area (Å²) in [6.45, 7) is 0.0177. The number of pyridine rings is 1. The molecule has 0 aromatic carbocycles. The molecule has 2 N–H and O–H groups in total. The summed E-state index contributed by atoms with van der Waals surface area (Å²) >= 11 is 0. The van der Waals surface area contributed by atoms with Crippen LogP contribution in [0.3, 0.4) is 0 Å². The summed E-state index contributed by atoms with van der Waals surface area (Å²) in [6, 6.07) is 5.80. The van der Waals surface area contributed by atoms with Gasteiger partial charge in [-0.2, -0.15) is 0 Å². The van der Waals surface area contributed by atoms with Crippen molar-refractivity contribution < 1.29 is 14.9 Å². The van der Waals surface area contributed by atoms with E-state index in [-0.39, 0.29) is 42.3 Å². The Morgan fingerprint density at radius 2 is 2.21 bits per heavy atom. The van der Waals surface area contributed by atoms with Crippen LogP contribution in [-0.2, 0) is 11.2 Å². The molecule has 100 valence electrons. The molecule has 1 fully saturated rings. The Balaban J connectivity index is 0.00000180. The van der Waals surface area contributed by atoms with Crippen LogP contribution in [0.2, 0.25) is 0 Å². The van der Waals surface area contributed by atoms with E-state index in [0.29, 0.717) is 0 Å². The van der Waals surface area contributed by atoms with Crippen molar-refractivity contribution in [3.63, 3.8) is 0 Å². The molecule has 1 aliphatic heterocycles. The van der Waals surface area contributed by atoms with Crippen LogP contribution < -0.4 is 0 Å². The molecule has 19 heavy (non-hydrogen) atoms. The van der Waals surface area contributed by atoms with Gasteiger partial charge in [-0.05, 0) is 37.5 Å². The predicted octanol–water partition coefficient (Wildman–Crippen LogP) is 0.869. The molecular weight excluding hydrogens is 253 g/mol. The summed E-state index contributed by atoms with van der Waals surface area (Å²) in [5, 5.41) is 18.2. The van der Waals surface area contributed by atoms with E-state index in [2.05, 4.69) is 4.98 Å². The van der Waals surface area contributed by atoms with Gasteiger partial charge < -0.3 is 14.9 Å². The van der Waals surface area contributed by atoms with Gasteiger partial charge in [0, 0.05) is 12.1 Å². The molecule has 1 aromatic heterocycles. The molecule has 0 saturated carbocycles. The van der Waals surface area contributed by atoms with Gasteiger partial charge in [-0.3, -0.25) is 4.98 Å².